The summed E-state index contributed by atoms with van der Waals surface area (Å²) >= 11 is 0. The number of esters is 2. The maximum absolute atomic E-state index is 13.0. The van der Waals surface area contributed by atoms with Crippen LogP contribution in [0.15, 0.2) is 12.7 Å². The van der Waals surface area contributed by atoms with Crippen molar-refractivity contribution in [2.45, 2.75) is 122 Å². The summed E-state index contributed by atoms with van der Waals surface area (Å²) in [5.74, 6) is -1.49. The number of nitrogens with one attached hydrogen (secondary N) is 1. The van der Waals surface area contributed by atoms with Gasteiger partial charge in [-0.3, -0.25) is 9.59 Å². The van der Waals surface area contributed by atoms with Gasteiger partial charge >= 0.3 is 11.9 Å². The highest BCUT2D eigenvalue weighted by atomic mass is 16.6. The molecule has 200 valence electrons. The van der Waals surface area contributed by atoms with Crippen molar-refractivity contribution in [1.82, 2.24) is 5.32 Å². The summed E-state index contributed by atoms with van der Waals surface area (Å²) in [5.41, 5.74) is -5.35. The second kappa shape index (κ2) is 9.12. The number of rotatable bonds is 6. The van der Waals surface area contributed by atoms with Crippen LogP contribution in [0.3, 0.4) is 0 Å². The van der Waals surface area contributed by atoms with Gasteiger partial charge in [-0.25, -0.2) is 0 Å². The molecule has 3 fully saturated rings. The summed E-state index contributed by atoms with van der Waals surface area (Å²) in [4.78, 5) is 25.2. The van der Waals surface area contributed by atoms with Gasteiger partial charge in [0.2, 0.25) is 0 Å². The summed E-state index contributed by atoms with van der Waals surface area (Å²) in [6.07, 6.45) is 0.738. The third-order valence-electron chi connectivity index (χ3n) is 9.39. The highest BCUT2D eigenvalue weighted by molar-refractivity contribution is 5.75. The zero-order valence-electron chi connectivity index (χ0n) is 22.6. The van der Waals surface area contributed by atoms with E-state index >= 15 is 0 Å². The van der Waals surface area contributed by atoms with Crippen LogP contribution in [-0.2, 0) is 23.8 Å². The average Bonchev–Trinajstić information content (AvgIpc) is 2.75. The van der Waals surface area contributed by atoms with Crippen molar-refractivity contribution in [2.75, 3.05) is 6.54 Å². The molecule has 0 aromatic carbocycles. The van der Waals surface area contributed by atoms with Crippen molar-refractivity contribution in [3.8, 4) is 0 Å². The molecule has 0 radical (unpaired) electrons. The Morgan fingerprint density at radius 1 is 1.17 bits per heavy atom. The van der Waals surface area contributed by atoms with Crippen LogP contribution < -0.4 is 5.32 Å². The van der Waals surface area contributed by atoms with Crippen molar-refractivity contribution < 1.29 is 34.0 Å². The number of hydrogen-bond acceptors (Lipinski definition) is 8. The van der Waals surface area contributed by atoms with Crippen molar-refractivity contribution in [1.29, 1.82) is 0 Å². The van der Waals surface area contributed by atoms with Crippen molar-refractivity contribution in [3.05, 3.63) is 12.7 Å². The molecule has 0 aromatic heterocycles. The van der Waals surface area contributed by atoms with Gasteiger partial charge < -0.3 is 29.7 Å². The Hall–Kier alpha value is -1.48. The van der Waals surface area contributed by atoms with Crippen LogP contribution >= 0.6 is 0 Å². The maximum Gasteiger partial charge on any atom is 0.323 e. The Morgan fingerprint density at radius 3 is 2.34 bits per heavy atom. The van der Waals surface area contributed by atoms with Crippen LogP contribution in [0.2, 0.25) is 0 Å². The van der Waals surface area contributed by atoms with Gasteiger partial charge in [0.05, 0.1) is 11.7 Å². The lowest BCUT2D eigenvalue weighted by molar-refractivity contribution is -0.391. The number of aliphatic hydroxyl groups excluding tert-OH is 1. The van der Waals surface area contributed by atoms with Gasteiger partial charge in [-0.1, -0.05) is 33.8 Å². The second-order valence-corrected chi connectivity index (χ2v) is 12.1. The summed E-state index contributed by atoms with van der Waals surface area (Å²) in [6, 6.07) is -0.507. The fraction of sp³-hybridized carbons (Fsp3) is 0.852. The highest BCUT2D eigenvalue weighted by Crippen LogP contribution is 2.68. The molecule has 1 unspecified atom stereocenters. The number of aliphatic hydroxyl groups is 2. The molecule has 1 heterocycles. The number of likely N-dealkylation sites (N-methyl/N-ethyl adjacent to an activating group) is 1. The molecule has 8 heteroatoms. The molecule has 3 aliphatic rings. The SMILES string of the molecule is C=C[C@@]1(C)CC[C@]2(O)[C@@]3(C)[C@@H](OC(=O)C(C)NCC)CCC(C)(C)[C@@H]3[C@H](O)[C@H](OC(C)=O)[C@@]2(C)O1. The Labute approximate surface area is 209 Å². The van der Waals surface area contributed by atoms with Crippen molar-refractivity contribution in [2.24, 2.45) is 16.7 Å². The van der Waals surface area contributed by atoms with E-state index in [0.29, 0.717) is 32.2 Å². The van der Waals surface area contributed by atoms with E-state index in [0.717, 1.165) is 0 Å². The van der Waals surface area contributed by atoms with Gasteiger partial charge in [-0.15, -0.1) is 6.58 Å². The third kappa shape index (κ3) is 4.14. The molecule has 9 atom stereocenters. The van der Waals surface area contributed by atoms with Gasteiger partial charge in [-0.05, 0) is 58.4 Å². The Bertz CT molecular complexity index is 860. The van der Waals surface area contributed by atoms with Crippen LogP contribution in [0.5, 0.6) is 0 Å². The molecule has 35 heavy (non-hydrogen) atoms. The van der Waals surface area contributed by atoms with E-state index in [9.17, 15) is 19.8 Å². The Kier molecular flexibility index (Phi) is 7.32. The van der Waals surface area contributed by atoms with E-state index in [1.165, 1.54) is 6.92 Å². The molecular weight excluding hydrogens is 450 g/mol. The van der Waals surface area contributed by atoms with Gasteiger partial charge in [0, 0.05) is 18.3 Å². The maximum atomic E-state index is 13.0. The summed E-state index contributed by atoms with van der Waals surface area (Å²) in [7, 11) is 0. The minimum absolute atomic E-state index is 0.302. The summed E-state index contributed by atoms with van der Waals surface area (Å²) in [5, 5.41) is 27.7. The molecule has 2 aliphatic carbocycles. The zero-order valence-corrected chi connectivity index (χ0v) is 22.6. The first-order valence-corrected chi connectivity index (χ1v) is 12.9. The number of carbonyl (C=O) groups is 2. The van der Waals surface area contributed by atoms with Crippen molar-refractivity contribution >= 4 is 11.9 Å². The molecule has 2 saturated carbocycles. The van der Waals surface area contributed by atoms with Gasteiger partial charge in [0.1, 0.15) is 23.3 Å². The monoisotopic (exact) mass is 495 g/mol. The van der Waals surface area contributed by atoms with E-state index in [4.69, 9.17) is 14.2 Å². The van der Waals surface area contributed by atoms with Gasteiger partial charge in [0.15, 0.2) is 6.10 Å². The average molecular weight is 496 g/mol. The fourth-order valence-electron chi connectivity index (χ4n) is 7.52. The lowest BCUT2D eigenvalue weighted by Crippen LogP contribution is -2.84. The number of ether oxygens (including phenoxy) is 3. The third-order valence-corrected chi connectivity index (χ3v) is 9.39. The molecule has 0 aromatic rings. The van der Waals surface area contributed by atoms with E-state index in [1.54, 1.807) is 19.9 Å². The van der Waals surface area contributed by atoms with E-state index in [1.807, 2.05) is 34.6 Å². The van der Waals surface area contributed by atoms with E-state index in [-0.39, 0.29) is 0 Å². The molecule has 0 spiro atoms. The molecular formula is C27H45NO7. The highest BCUT2D eigenvalue weighted by Gasteiger charge is 2.79. The standard InChI is InChI=1S/C27H45NO7/c1-10-24(7)14-15-27(32)25(8)18(34-22(31)16(3)28-11-2)12-13-23(5,6)20(25)19(30)21(33-17(4)29)26(27,9)35-24/h10,16,18-21,28,30,32H,1,11-15H2,2-9H3/t16?,18-,19-,20-,21-,24-,25-,26+,27-/m0/s1. The lowest BCUT2D eigenvalue weighted by atomic mass is 9.40. The Morgan fingerprint density at radius 2 is 1.80 bits per heavy atom. The number of hydrogen-bond donors (Lipinski definition) is 3. The molecule has 3 rings (SSSR count). The molecule has 0 bridgehead atoms. The smallest absolute Gasteiger partial charge is 0.323 e. The topological polar surface area (TPSA) is 114 Å². The quantitative estimate of drug-likeness (QED) is 0.381. The van der Waals surface area contributed by atoms with Gasteiger partial charge in [-0.2, -0.15) is 0 Å². The Balaban J connectivity index is 2.20. The molecule has 8 nitrogen and oxygen atoms in total. The predicted octanol–water partition coefficient (Wildman–Crippen LogP) is 2.89. The number of fused-ring (bicyclic) bond motifs is 3. The largest absolute Gasteiger partial charge is 0.461 e. The minimum Gasteiger partial charge on any atom is -0.461 e. The molecule has 1 aliphatic heterocycles. The predicted molar refractivity (Wildman–Crippen MR) is 131 cm³/mol. The second-order valence-electron chi connectivity index (χ2n) is 12.1. The molecule has 3 N–H and O–H groups in total. The number of carbonyl (C=O) groups excluding carboxylic acids is 2. The zero-order chi connectivity index (χ0) is 26.6. The molecule has 0 amide bonds. The van der Waals surface area contributed by atoms with E-state index < -0.39 is 69.8 Å². The van der Waals surface area contributed by atoms with Crippen molar-refractivity contribution in [3.63, 3.8) is 0 Å². The first kappa shape index (κ1) is 28.1. The van der Waals surface area contributed by atoms with Crippen LogP contribution in [0, 0.1) is 16.7 Å². The van der Waals surface area contributed by atoms with Crippen LogP contribution in [0.1, 0.15) is 81.1 Å². The fourth-order valence-corrected chi connectivity index (χ4v) is 7.52. The minimum atomic E-state index is -1.57. The van der Waals surface area contributed by atoms with Crippen LogP contribution in [-0.4, -0.2) is 69.9 Å². The van der Waals surface area contributed by atoms with Gasteiger partial charge in [0.25, 0.3) is 0 Å². The first-order valence-electron chi connectivity index (χ1n) is 12.9. The first-order chi connectivity index (χ1) is 16.0. The van der Waals surface area contributed by atoms with Crippen LogP contribution in [0.25, 0.3) is 0 Å². The normalized spacial score (nSPS) is 45.4. The van der Waals surface area contributed by atoms with Crippen LogP contribution in [0.4, 0.5) is 0 Å². The van der Waals surface area contributed by atoms with E-state index in [2.05, 4.69) is 11.9 Å². The summed E-state index contributed by atoms with van der Waals surface area (Å²) < 4.78 is 18.4. The molecule has 1 saturated heterocycles. The summed E-state index contributed by atoms with van der Waals surface area (Å²) in [6.45, 7) is 19.1. The lowest BCUT2D eigenvalue weighted by Gasteiger charge is -2.72.